The van der Waals surface area contributed by atoms with Gasteiger partial charge in [-0.15, -0.1) is 0 Å². The van der Waals surface area contributed by atoms with Gasteiger partial charge in [0.25, 0.3) is 5.91 Å². The second kappa shape index (κ2) is 11.5. The summed E-state index contributed by atoms with van der Waals surface area (Å²) in [7, 11) is 0. The molecule has 0 aliphatic rings. The summed E-state index contributed by atoms with van der Waals surface area (Å²) >= 11 is 3.37. The van der Waals surface area contributed by atoms with Crippen molar-refractivity contribution in [3.05, 3.63) is 64.1 Å². The van der Waals surface area contributed by atoms with E-state index < -0.39 is 24.4 Å². The third-order valence-electron chi connectivity index (χ3n) is 4.88. The van der Waals surface area contributed by atoms with Gasteiger partial charge in [-0.1, -0.05) is 66.5 Å². The van der Waals surface area contributed by atoms with E-state index in [0.717, 1.165) is 22.0 Å². The lowest BCUT2D eigenvalue weighted by molar-refractivity contribution is -0.151. The van der Waals surface area contributed by atoms with Crippen molar-refractivity contribution in [2.45, 2.75) is 33.1 Å². The fourth-order valence-electron chi connectivity index (χ4n) is 3.01. The van der Waals surface area contributed by atoms with E-state index in [1.807, 2.05) is 63.2 Å². The number of aryl methyl sites for hydroxylation is 1. The molecule has 2 aromatic carbocycles. The minimum atomic E-state index is -0.526. The van der Waals surface area contributed by atoms with E-state index in [-0.39, 0.29) is 18.4 Å². The molecule has 6 nitrogen and oxygen atoms in total. The first-order valence-electron chi connectivity index (χ1n) is 9.86. The quantitative estimate of drug-likeness (QED) is 0.533. The Morgan fingerprint density at radius 3 is 2.40 bits per heavy atom. The summed E-state index contributed by atoms with van der Waals surface area (Å²) in [6, 6.07) is 14.9. The minimum Gasteiger partial charge on any atom is -0.455 e. The monoisotopic (exact) mass is 474 g/mol. The van der Waals surface area contributed by atoms with Crippen molar-refractivity contribution < 1.29 is 19.1 Å². The summed E-state index contributed by atoms with van der Waals surface area (Å²) in [5.41, 5.74) is 2.43. The number of amides is 2. The van der Waals surface area contributed by atoms with Gasteiger partial charge in [-0.25, -0.2) is 0 Å². The summed E-state index contributed by atoms with van der Waals surface area (Å²) in [5.74, 6) is -1.69. The van der Waals surface area contributed by atoms with Crippen LogP contribution >= 0.6 is 15.9 Å². The van der Waals surface area contributed by atoms with Crippen LogP contribution in [-0.4, -0.2) is 30.9 Å². The van der Waals surface area contributed by atoms with Gasteiger partial charge in [-0.05, 0) is 42.2 Å². The fourth-order valence-corrected chi connectivity index (χ4v) is 3.49. The smallest absolute Gasteiger partial charge is 0.314 e. The Balaban J connectivity index is 1.84. The van der Waals surface area contributed by atoms with Crippen molar-refractivity contribution in [2.24, 2.45) is 5.92 Å². The second-order valence-corrected chi connectivity index (χ2v) is 8.08. The predicted octanol–water partition coefficient (Wildman–Crippen LogP) is 4.19. The standard InChI is InChI=1S/C23H27BrN2O4/c1-4-15(2)22(17-8-6-5-7-9-17)23(29)30-14-21(28)25-13-20(27)26-19-11-10-18(24)12-16(19)3/h5-12,15,22H,4,13-14H2,1-3H3,(H,25,28)(H,26,27)/t15-,22+/m0/s1. The van der Waals surface area contributed by atoms with Crippen molar-refractivity contribution in [1.82, 2.24) is 5.32 Å². The number of carbonyl (C=O) groups is 3. The van der Waals surface area contributed by atoms with Crippen LogP contribution in [0.2, 0.25) is 0 Å². The average Bonchev–Trinajstić information content (AvgIpc) is 2.73. The highest BCUT2D eigenvalue weighted by atomic mass is 79.9. The topological polar surface area (TPSA) is 84.5 Å². The summed E-state index contributed by atoms with van der Waals surface area (Å²) < 4.78 is 6.15. The van der Waals surface area contributed by atoms with E-state index >= 15 is 0 Å². The normalized spacial score (nSPS) is 12.5. The van der Waals surface area contributed by atoms with Gasteiger partial charge in [0, 0.05) is 10.2 Å². The van der Waals surface area contributed by atoms with Crippen molar-refractivity contribution >= 4 is 39.4 Å². The lowest BCUT2D eigenvalue weighted by Crippen LogP contribution is -2.36. The maximum absolute atomic E-state index is 12.6. The summed E-state index contributed by atoms with van der Waals surface area (Å²) in [4.78, 5) is 36.7. The number of hydrogen-bond acceptors (Lipinski definition) is 4. The third kappa shape index (κ3) is 6.99. The molecule has 2 aromatic rings. The van der Waals surface area contributed by atoms with Gasteiger partial charge in [0.05, 0.1) is 12.5 Å². The van der Waals surface area contributed by atoms with E-state index in [9.17, 15) is 14.4 Å². The molecule has 0 unspecified atom stereocenters. The van der Waals surface area contributed by atoms with Crippen LogP contribution in [-0.2, 0) is 19.1 Å². The largest absolute Gasteiger partial charge is 0.455 e. The highest BCUT2D eigenvalue weighted by Gasteiger charge is 2.27. The number of ether oxygens (including phenoxy) is 1. The lowest BCUT2D eigenvalue weighted by Gasteiger charge is -2.21. The van der Waals surface area contributed by atoms with Crippen LogP contribution in [0.25, 0.3) is 0 Å². The maximum Gasteiger partial charge on any atom is 0.314 e. The SMILES string of the molecule is CC[C@H](C)[C@@H](C(=O)OCC(=O)NCC(=O)Nc1ccc(Br)cc1C)c1ccccc1. The number of nitrogens with one attached hydrogen (secondary N) is 2. The van der Waals surface area contributed by atoms with Crippen LogP contribution in [0.15, 0.2) is 53.0 Å². The van der Waals surface area contributed by atoms with Crippen molar-refractivity contribution in [3.63, 3.8) is 0 Å². The van der Waals surface area contributed by atoms with Crippen LogP contribution in [0.5, 0.6) is 0 Å². The Bertz CT molecular complexity index is 886. The Kier molecular flexibility index (Phi) is 9.05. The van der Waals surface area contributed by atoms with Gasteiger partial charge in [0.2, 0.25) is 5.91 Å². The minimum absolute atomic E-state index is 0.0721. The lowest BCUT2D eigenvalue weighted by atomic mass is 9.86. The van der Waals surface area contributed by atoms with Gasteiger partial charge >= 0.3 is 5.97 Å². The van der Waals surface area contributed by atoms with E-state index in [0.29, 0.717) is 5.69 Å². The average molecular weight is 475 g/mol. The number of carbonyl (C=O) groups excluding carboxylic acids is 3. The van der Waals surface area contributed by atoms with Crippen molar-refractivity contribution in [3.8, 4) is 0 Å². The Labute approximate surface area is 185 Å². The molecular weight excluding hydrogens is 448 g/mol. The van der Waals surface area contributed by atoms with E-state index in [2.05, 4.69) is 26.6 Å². The molecule has 2 atom stereocenters. The Morgan fingerprint density at radius 1 is 1.07 bits per heavy atom. The number of hydrogen-bond donors (Lipinski definition) is 2. The summed E-state index contributed by atoms with van der Waals surface area (Å²) in [6.07, 6.45) is 0.802. The molecule has 2 N–H and O–H groups in total. The molecule has 0 radical (unpaired) electrons. The molecule has 0 heterocycles. The molecule has 30 heavy (non-hydrogen) atoms. The molecule has 0 spiro atoms. The zero-order valence-electron chi connectivity index (χ0n) is 17.4. The summed E-state index contributed by atoms with van der Waals surface area (Å²) in [6.45, 7) is 5.22. The van der Waals surface area contributed by atoms with E-state index in [4.69, 9.17) is 4.74 Å². The molecule has 7 heteroatoms. The van der Waals surface area contributed by atoms with Crippen LogP contribution in [0, 0.1) is 12.8 Å². The molecule has 0 saturated carbocycles. The van der Waals surface area contributed by atoms with Crippen molar-refractivity contribution in [2.75, 3.05) is 18.5 Å². The highest BCUT2D eigenvalue weighted by Crippen LogP contribution is 2.28. The molecule has 0 saturated heterocycles. The number of halogens is 1. The fraction of sp³-hybridized carbons (Fsp3) is 0.348. The van der Waals surface area contributed by atoms with Crippen molar-refractivity contribution in [1.29, 1.82) is 0 Å². The van der Waals surface area contributed by atoms with Crippen LogP contribution in [0.4, 0.5) is 5.69 Å². The number of benzene rings is 2. The zero-order chi connectivity index (χ0) is 22.1. The molecule has 2 amide bonds. The van der Waals surface area contributed by atoms with Crippen LogP contribution in [0.1, 0.15) is 37.3 Å². The first-order valence-corrected chi connectivity index (χ1v) is 10.6. The van der Waals surface area contributed by atoms with E-state index in [1.165, 1.54) is 0 Å². The maximum atomic E-state index is 12.6. The third-order valence-corrected chi connectivity index (χ3v) is 5.37. The van der Waals surface area contributed by atoms with Crippen LogP contribution < -0.4 is 10.6 Å². The number of rotatable bonds is 9. The van der Waals surface area contributed by atoms with Crippen LogP contribution in [0.3, 0.4) is 0 Å². The second-order valence-electron chi connectivity index (χ2n) is 7.17. The van der Waals surface area contributed by atoms with Gasteiger partial charge in [-0.3, -0.25) is 14.4 Å². The molecule has 0 aliphatic heterocycles. The van der Waals surface area contributed by atoms with Gasteiger partial charge in [0.15, 0.2) is 6.61 Å². The first kappa shape index (κ1) is 23.6. The van der Waals surface area contributed by atoms with Gasteiger partial charge in [0.1, 0.15) is 0 Å². The molecule has 0 bridgehead atoms. The number of esters is 1. The number of anilines is 1. The van der Waals surface area contributed by atoms with Gasteiger partial charge < -0.3 is 15.4 Å². The predicted molar refractivity (Wildman–Crippen MR) is 120 cm³/mol. The zero-order valence-corrected chi connectivity index (χ0v) is 19.0. The molecule has 160 valence electrons. The highest BCUT2D eigenvalue weighted by molar-refractivity contribution is 9.10. The molecule has 0 aliphatic carbocycles. The first-order chi connectivity index (χ1) is 14.3. The molecule has 0 aromatic heterocycles. The summed E-state index contributed by atoms with van der Waals surface area (Å²) in [5, 5.41) is 5.21. The Morgan fingerprint density at radius 2 is 1.77 bits per heavy atom. The van der Waals surface area contributed by atoms with Gasteiger partial charge in [-0.2, -0.15) is 0 Å². The molecular formula is C23H27BrN2O4. The molecule has 2 rings (SSSR count). The van der Waals surface area contributed by atoms with E-state index in [1.54, 1.807) is 6.07 Å². The molecule has 0 fully saturated rings. The Hall–Kier alpha value is -2.67.